The first-order valence-corrected chi connectivity index (χ1v) is 9.94. The number of rotatable bonds is 9. The molecule has 3 rings (SSSR count). The van der Waals surface area contributed by atoms with E-state index in [1.807, 2.05) is 12.1 Å². The van der Waals surface area contributed by atoms with Crippen LogP contribution in [0.4, 0.5) is 0 Å². The van der Waals surface area contributed by atoms with Crippen LogP contribution in [0.5, 0.6) is 11.5 Å². The maximum Gasteiger partial charge on any atom is 0.314 e. The first kappa shape index (κ1) is 18.9. The van der Waals surface area contributed by atoms with Crippen LogP contribution in [0.1, 0.15) is 57.4 Å². The average molecular weight is 359 g/mol. The van der Waals surface area contributed by atoms with Crippen molar-refractivity contribution in [3.8, 4) is 11.5 Å². The first-order chi connectivity index (χ1) is 12.7. The van der Waals surface area contributed by atoms with Crippen LogP contribution in [0.15, 0.2) is 18.2 Å². The van der Waals surface area contributed by atoms with Crippen LogP contribution in [0.25, 0.3) is 0 Å². The van der Waals surface area contributed by atoms with Gasteiger partial charge in [0, 0.05) is 0 Å². The molecule has 0 saturated heterocycles. The zero-order valence-corrected chi connectivity index (χ0v) is 15.6. The summed E-state index contributed by atoms with van der Waals surface area (Å²) < 4.78 is 11.2. The van der Waals surface area contributed by atoms with Crippen LogP contribution >= 0.6 is 0 Å². The predicted molar refractivity (Wildman–Crippen MR) is 99.3 cm³/mol. The Morgan fingerprint density at radius 2 is 1.58 bits per heavy atom. The van der Waals surface area contributed by atoms with Gasteiger partial charge in [-0.05, 0) is 69.3 Å². The van der Waals surface area contributed by atoms with Crippen molar-refractivity contribution in [2.24, 2.45) is 11.8 Å². The second-order valence-electron chi connectivity index (χ2n) is 7.38. The van der Waals surface area contributed by atoms with E-state index in [0.29, 0.717) is 11.5 Å². The van der Waals surface area contributed by atoms with Gasteiger partial charge in [-0.1, -0.05) is 25.8 Å². The molecule has 0 aromatic heterocycles. The molecule has 0 unspecified atom stereocenters. The van der Waals surface area contributed by atoms with Gasteiger partial charge in [0.2, 0.25) is 0 Å². The smallest absolute Gasteiger partial charge is 0.314 e. The molecule has 5 heteroatoms. The Hall–Kier alpha value is -1.88. The topological polar surface area (TPSA) is 64.6 Å². The predicted octanol–water partition coefficient (Wildman–Crippen LogP) is 3.64. The zero-order valence-electron chi connectivity index (χ0n) is 15.6. The summed E-state index contributed by atoms with van der Waals surface area (Å²) in [5.41, 5.74) is 1.06. The number of carbonyl (C=O) groups excluding carboxylic acids is 2. The largest absolute Gasteiger partial charge is 0.422 e. The van der Waals surface area contributed by atoms with Gasteiger partial charge in [-0.3, -0.25) is 9.59 Å². The normalized spacial score (nSPS) is 17.3. The number of hydrogen-bond acceptors (Lipinski definition) is 5. The van der Waals surface area contributed by atoms with Crippen molar-refractivity contribution >= 4 is 11.9 Å². The minimum absolute atomic E-state index is 0.0110. The number of hydrogen-bond donors (Lipinski definition) is 1. The summed E-state index contributed by atoms with van der Waals surface area (Å²) in [5.74, 6) is 0.290. The Bertz CT molecular complexity index is 635. The lowest BCUT2D eigenvalue weighted by atomic mass is 9.85. The minimum atomic E-state index is -0.213. The summed E-state index contributed by atoms with van der Waals surface area (Å²) in [6.45, 7) is 3.99. The lowest BCUT2D eigenvalue weighted by Crippen LogP contribution is -2.28. The number of benzene rings is 1. The summed E-state index contributed by atoms with van der Waals surface area (Å²) in [7, 11) is 0. The molecule has 0 bridgehead atoms. The van der Waals surface area contributed by atoms with Crippen LogP contribution in [0, 0.1) is 11.8 Å². The fourth-order valence-corrected chi connectivity index (χ4v) is 3.08. The number of ether oxygens (including phenoxy) is 2. The third kappa shape index (κ3) is 4.85. The second kappa shape index (κ2) is 9.17. The van der Waals surface area contributed by atoms with E-state index in [4.69, 9.17) is 9.47 Å². The quantitative estimate of drug-likeness (QED) is 0.414. The molecule has 2 saturated carbocycles. The van der Waals surface area contributed by atoms with E-state index in [-0.39, 0.29) is 23.8 Å². The van der Waals surface area contributed by atoms with Gasteiger partial charge in [-0.2, -0.15) is 0 Å². The fraction of sp³-hybridized carbons (Fsp3) is 0.619. The maximum absolute atomic E-state index is 12.3. The van der Waals surface area contributed by atoms with Crippen molar-refractivity contribution in [1.82, 2.24) is 5.32 Å². The maximum atomic E-state index is 12.3. The lowest BCUT2D eigenvalue weighted by molar-refractivity contribution is -0.144. The summed E-state index contributed by atoms with van der Waals surface area (Å²) >= 11 is 0. The number of nitrogens with one attached hydrogen (secondary N) is 1. The molecule has 2 aliphatic rings. The Labute approximate surface area is 155 Å². The average Bonchev–Trinajstić information content (AvgIpc) is 2.50. The molecule has 2 fully saturated rings. The highest BCUT2D eigenvalue weighted by Gasteiger charge is 2.30. The van der Waals surface area contributed by atoms with Crippen LogP contribution in [-0.2, 0) is 16.0 Å². The molecular weight excluding hydrogens is 330 g/mol. The Kier molecular flexibility index (Phi) is 6.67. The number of carbonyl (C=O) groups is 2. The van der Waals surface area contributed by atoms with Gasteiger partial charge >= 0.3 is 11.9 Å². The van der Waals surface area contributed by atoms with E-state index >= 15 is 0 Å². The van der Waals surface area contributed by atoms with Crippen molar-refractivity contribution in [3.05, 3.63) is 23.8 Å². The molecule has 0 heterocycles. The van der Waals surface area contributed by atoms with Crippen molar-refractivity contribution in [3.63, 3.8) is 0 Å². The molecular formula is C21H29NO4. The Morgan fingerprint density at radius 3 is 2.12 bits per heavy atom. The van der Waals surface area contributed by atoms with E-state index in [2.05, 4.69) is 12.2 Å². The van der Waals surface area contributed by atoms with Gasteiger partial charge in [-0.15, -0.1) is 0 Å². The van der Waals surface area contributed by atoms with Gasteiger partial charge in [0.05, 0.1) is 11.8 Å². The molecule has 1 aromatic rings. The SMILES string of the molecule is CCCNCCc1ccc(OC(=O)C2CCC2)c(OC(=O)C2CCC2)c1. The van der Waals surface area contributed by atoms with Crippen LogP contribution < -0.4 is 14.8 Å². The van der Waals surface area contributed by atoms with Gasteiger partial charge in [0.25, 0.3) is 0 Å². The Morgan fingerprint density at radius 1 is 0.962 bits per heavy atom. The molecule has 0 spiro atoms. The zero-order chi connectivity index (χ0) is 18.4. The van der Waals surface area contributed by atoms with Crippen LogP contribution in [0.2, 0.25) is 0 Å². The van der Waals surface area contributed by atoms with Crippen molar-refractivity contribution in [1.29, 1.82) is 0 Å². The highest BCUT2D eigenvalue weighted by molar-refractivity contribution is 5.79. The lowest BCUT2D eigenvalue weighted by Gasteiger charge is -2.25. The second-order valence-corrected chi connectivity index (χ2v) is 7.38. The first-order valence-electron chi connectivity index (χ1n) is 9.94. The minimum Gasteiger partial charge on any atom is -0.422 e. The van der Waals surface area contributed by atoms with Crippen molar-refractivity contribution < 1.29 is 19.1 Å². The fourth-order valence-electron chi connectivity index (χ4n) is 3.08. The molecule has 142 valence electrons. The van der Waals surface area contributed by atoms with Crippen LogP contribution in [-0.4, -0.2) is 25.0 Å². The molecule has 5 nitrogen and oxygen atoms in total. The van der Waals surface area contributed by atoms with Gasteiger partial charge < -0.3 is 14.8 Å². The van der Waals surface area contributed by atoms with Crippen LogP contribution in [0.3, 0.4) is 0 Å². The highest BCUT2D eigenvalue weighted by Crippen LogP contribution is 2.35. The van der Waals surface area contributed by atoms with Crippen molar-refractivity contribution in [2.45, 2.75) is 58.3 Å². The molecule has 26 heavy (non-hydrogen) atoms. The van der Waals surface area contributed by atoms with Crippen molar-refractivity contribution in [2.75, 3.05) is 13.1 Å². The molecule has 0 aliphatic heterocycles. The monoisotopic (exact) mass is 359 g/mol. The molecule has 0 radical (unpaired) electrons. The summed E-state index contributed by atoms with van der Waals surface area (Å²) in [6.07, 6.45) is 7.63. The standard InChI is InChI=1S/C21H29NO4/c1-2-12-22-13-11-15-9-10-18(25-20(23)16-5-3-6-16)19(14-15)26-21(24)17-7-4-8-17/h9-10,14,16-17,22H,2-8,11-13H2,1H3. The summed E-state index contributed by atoms with van der Waals surface area (Å²) in [5, 5.41) is 3.36. The number of esters is 2. The molecule has 1 aromatic carbocycles. The summed E-state index contributed by atoms with van der Waals surface area (Å²) in [6, 6.07) is 5.54. The van der Waals surface area contributed by atoms with E-state index in [9.17, 15) is 9.59 Å². The van der Waals surface area contributed by atoms with Gasteiger partial charge in [0.1, 0.15) is 0 Å². The van der Waals surface area contributed by atoms with E-state index in [0.717, 1.165) is 70.0 Å². The van der Waals surface area contributed by atoms with E-state index < -0.39 is 0 Å². The highest BCUT2D eigenvalue weighted by atomic mass is 16.6. The molecule has 0 amide bonds. The third-order valence-corrected chi connectivity index (χ3v) is 5.32. The third-order valence-electron chi connectivity index (χ3n) is 5.32. The summed E-state index contributed by atoms with van der Waals surface area (Å²) in [4.78, 5) is 24.5. The molecule has 2 aliphatic carbocycles. The van der Waals surface area contributed by atoms with Gasteiger partial charge in [0.15, 0.2) is 11.5 Å². The Balaban J connectivity index is 1.68. The van der Waals surface area contributed by atoms with E-state index in [1.165, 1.54) is 0 Å². The molecule has 0 atom stereocenters. The molecule has 1 N–H and O–H groups in total. The van der Waals surface area contributed by atoms with E-state index in [1.54, 1.807) is 6.07 Å². The van der Waals surface area contributed by atoms with Gasteiger partial charge in [-0.25, -0.2) is 0 Å².